The Morgan fingerprint density at radius 3 is 2.83 bits per heavy atom. The number of aromatic nitrogens is 2. The third-order valence-corrected chi connectivity index (χ3v) is 4.35. The molecular weight excluding hydrogens is 288 g/mol. The molecule has 0 radical (unpaired) electrons. The van der Waals surface area contributed by atoms with E-state index >= 15 is 0 Å². The van der Waals surface area contributed by atoms with Crippen LogP contribution in [0.3, 0.4) is 0 Å². The topological polar surface area (TPSA) is 50.2 Å². The van der Waals surface area contributed by atoms with Crippen LogP contribution in [0, 0.1) is 0 Å². The summed E-state index contributed by atoms with van der Waals surface area (Å²) in [7, 11) is 0. The predicted molar refractivity (Wildman–Crippen MR) is 90.5 cm³/mol. The summed E-state index contributed by atoms with van der Waals surface area (Å²) >= 11 is 0. The number of rotatable bonds is 4. The van der Waals surface area contributed by atoms with Gasteiger partial charge in [0.1, 0.15) is 0 Å². The van der Waals surface area contributed by atoms with E-state index in [-0.39, 0.29) is 5.91 Å². The second-order valence-electron chi connectivity index (χ2n) is 6.11. The standard InChI is InChI=1S/C18H24N4O/c1-3-17-16(18(23)21-10-9-19-14(2)12-21)11-20-22(17)13-15-7-5-4-6-8-15/h4-8,11,14,19H,3,9-10,12-13H2,1-2H3/t14-/m1/s1. The van der Waals surface area contributed by atoms with Gasteiger partial charge in [-0.15, -0.1) is 0 Å². The van der Waals surface area contributed by atoms with Gasteiger partial charge in [-0.1, -0.05) is 37.3 Å². The van der Waals surface area contributed by atoms with Gasteiger partial charge in [-0.3, -0.25) is 9.48 Å². The Kier molecular flexibility index (Phi) is 4.76. The smallest absolute Gasteiger partial charge is 0.257 e. The summed E-state index contributed by atoms with van der Waals surface area (Å²) in [6.07, 6.45) is 2.53. The third-order valence-electron chi connectivity index (χ3n) is 4.35. The summed E-state index contributed by atoms with van der Waals surface area (Å²) in [5.41, 5.74) is 2.96. The first kappa shape index (κ1) is 15.7. The van der Waals surface area contributed by atoms with Crippen molar-refractivity contribution in [3.8, 4) is 0 Å². The zero-order valence-electron chi connectivity index (χ0n) is 13.8. The SMILES string of the molecule is CCc1c(C(=O)N2CCN[C@H](C)C2)cnn1Cc1ccccc1. The number of carbonyl (C=O) groups excluding carboxylic acids is 1. The lowest BCUT2D eigenvalue weighted by molar-refractivity contribution is 0.0708. The van der Waals surface area contributed by atoms with Crippen molar-refractivity contribution < 1.29 is 4.79 Å². The van der Waals surface area contributed by atoms with Crippen LogP contribution in [0.2, 0.25) is 0 Å². The summed E-state index contributed by atoms with van der Waals surface area (Å²) in [5, 5.41) is 7.84. The minimum absolute atomic E-state index is 0.106. The van der Waals surface area contributed by atoms with Crippen molar-refractivity contribution in [3.63, 3.8) is 0 Å². The fourth-order valence-corrected chi connectivity index (χ4v) is 3.14. The zero-order chi connectivity index (χ0) is 16.2. The van der Waals surface area contributed by atoms with E-state index in [9.17, 15) is 4.79 Å². The van der Waals surface area contributed by atoms with Gasteiger partial charge in [-0.25, -0.2) is 0 Å². The van der Waals surface area contributed by atoms with Crippen molar-refractivity contribution in [2.24, 2.45) is 0 Å². The van der Waals surface area contributed by atoms with E-state index in [1.807, 2.05) is 27.8 Å². The Bertz CT molecular complexity index is 665. The molecule has 0 unspecified atom stereocenters. The highest BCUT2D eigenvalue weighted by molar-refractivity contribution is 5.95. The van der Waals surface area contributed by atoms with Crippen LogP contribution in [0.4, 0.5) is 0 Å². The highest BCUT2D eigenvalue weighted by Crippen LogP contribution is 2.15. The maximum Gasteiger partial charge on any atom is 0.257 e. The second-order valence-corrected chi connectivity index (χ2v) is 6.11. The normalized spacial score (nSPS) is 18.2. The van der Waals surface area contributed by atoms with Gasteiger partial charge in [0.2, 0.25) is 0 Å². The molecule has 3 rings (SSSR count). The Balaban J connectivity index is 1.81. The van der Waals surface area contributed by atoms with Crippen molar-refractivity contribution in [2.45, 2.75) is 32.9 Å². The quantitative estimate of drug-likeness (QED) is 0.938. The highest BCUT2D eigenvalue weighted by atomic mass is 16.2. The van der Waals surface area contributed by atoms with Gasteiger partial charge in [0.05, 0.1) is 24.0 Å². The first-order valence-corrected chi connectivity index (χ1v) is 8.30. The van der Waals surface area contributed by atoms with Crippen molar-refractivity contribution in [2.75, 3.05) is 19.6 Å². The maximum atomic E-state index is 12.8. The number of nitrogens with zero attached hydrogens (tertiary/aromatic N) is 3. The Morgan fingerprint density at radius 1 is 1.35 bits per heavy atom. The molecule has 1 saturated heterocycles. The van der Waals surface area contributed by atoms with Crippen LogP contribution in [-0.2, 0) is 13.0 Å². The average Bonchev–Trinajstić information content (AvgIpc) is 2.97. The predicted octanol–water partition coefficient (Wildman–Crippen LogP) is 1.93. The Morgan fingerprint density at radius 2 is 2.13 bits per heavy atom. The van der Waals surface area contributed by atoms with Gasteiger partial charge in [-0.2, -0.15) is 5.10 Å². The van der Waals surface area contributed by atoms with Crippen LogP contribution in [0.15, 0.2) is 36.5 Å². The highest BCUT2D eigenvalue weighted by Gasteiger charge is 2.25. The molecule has 0 bridgehead atoms. The summed E-state index contributed by atoms with van der Waals surface area (Å²) < 4.78 is 1.95. The van der Waals surface area contributed by atoms with Crippen LogP contribution in [0.25, 0.3) is 0 Å². The van der Waals surface area contributed by atoms with Gasteiger partial charge in [0, 0.05) is 25.7 Å². The third kappa shape index (κ3) is 3.45. The lowest BCUT2D eigenvalue weighted by Crippen LogP contribution is -2.51. The second kappa shape index (κ2) is 6.96. The van der Waals surface area contributed by atoms with Crippen LogP contribution in [0.5, 0.6) is 0 Å². The van der Waals surface area contributed by atoms with Crippen LogP contribution in [0.1, 0.15) is 35.5 Å². The average molecular weight is 312 g/mol. The lowest BCUT2D eigenvalue weighted by Gasteiger charge is -2.31. The molecule has 0 spiro atoms. The first-order chi connectivity index (χ1) is 11.2. The molecule has 0 aliphatic carbocycles. The summed E-state index contributed by atoms with van der Waals surface area (Å²) in [6.45, 7) is 7.26. The van der Waals surface area contributed by atoms with Crippen LogP contribution in [-0.4, -0.2) is 46.3 Å². The molecule has 1 aliphatic heterocycles. The number of carbonyl (C=O) groups is 1. The number of hydrogen-bond donors (Lipinski definition) is 1. The monoisotopic (exact) mass is 312 g/mol. The number of nitrogens with one attached hydrogen (secondary N) is 1. The van der Waals surface area contributed by atoms with E-state index in [0.29, 0.717) is 12.6 Å². The first-order valence-electron chi connectivity index (χ1n) is 8.30. The summed E-state index contributed by atoms with van der Waals surface area (Å²) in [5.74, 6) is 0.106. The van der Waals surface area contributed by atoms with Gasteiger partial charge in [0.15, 0.2) is 0 Å². The van der Waals surface area contributed by atoms with Crippen molar-refractivity contribution in [3.05, 3.63) is 53.3 Å². The molecule has 2 heterocycles. The number of hydrogen-bond acceptors (Lipinski definition) is 3. The van der Waals surface area contributed by atoms with Crippen molar-refractivity contribution in [1.29, 1.82) is 0 Å². The lowest BCUT2D eigenvalue weighted by atomic mass is 10.1. The molecule has 0 saturated carbocycles. The molecule has 1 atom stereocenters. The molecule has 2 aromatic rings. The van der Waals surface area contributed by atoms with E-state index < -0.39 is 0 Å². The van der Waals surface area contributed by atoms with E-state index in [4.69, 9.17) is 0 Å². The molecule has 1 amide bonds. The molecule has 1 fully saturated rings. The van der Waals surface area contributed by atoms with Crippen LogP contribution < -0.4 is 5.32 Å². The van der Waals surface area contributed by atoms with Gasteiger partial charge in [-0.05, 0) is 18.9 Å². The van der Waals surface area contributed by atoms with Crippen LogP contribution >= 0.6 is 0 Å². The van der Waals surface area contributed by atoms with Crippen molar-refractivity contribution in [1.82, 2.24) is 20.0 Å². The molecule has 1 aromatic heterocycles. The van der Waals surface area contributed by atoms with E-state index in [0.717, 1.165) is 37.3 Å². The fraction of sp³-hybridized carbons (Fsp3) is 0.444. The summed E-state index contributed by atoms with van der Waals surface area (Å²) in [6, 6.07) is 10.6. The van der Waals surface area contributed by atoms with E-state index in [1.165, 1.54) is 5.56 Å². The number of amides is 1. The summed E-state index contributed by atoms with van der Waals surface area (Å²) in [4.78, 5) is 14.8. The fourth-order valence-electron chi connectivity index (χ4n) is 3.14. The molecule has 5 heteroatoms. The Hall–Kier alpha value is -2.14. The number of piperazine rings is 1. The molecular formula is C18H24N4O. The van der Waals surface area contributed by atoms with Gasteiger partial charge in [0.25, 0.3) is 5.91 Å². The molecule has 23 heavy (non-hydrogen) atoms. The molecule has 1 aliphatic rings. The zero-order valence-corrected chi connectivity index (χ0v) is 13.8. The minimum Gasteiger partial charge on any atom is -0.336 e. The molecule has 1 N–H and O–H groups in total. The van der Waals surface area contributed by atoms with E-state index in [1.54, 1.807) is 6.20 Å². The van der Waals surface area contributed by atoms with Gasteiger partial charge < -0.3 is 10.2 Å². The molecule has 5 nitrogen and oxygen atoms in total. The largest absolute Gasteiger partial charge is 0.336 e. The number of benzene rings is 1. The maximum absolute atomic E-state index is 12.8. The molecule has 122 valence electrons. The van der Waals surface area contributed by atoms with Crippen molar-refractivity contribution >= 4 is 5.91 Å². The minimum atomic E-state index is 0.106. The van der Waals surface area contributed by atoms with Gasteiger partial charge >= 0.3 is 0 Å². The molecule has 1 aromatic carbocycles. The van der Waals surface area contributed by atoms with E-state index in [2.05, 4.69) is 36.4 Å². The Labute approximate surface area is 137 Å².